The zero-order valence-electron chi connectivity index (χ0n) is 24.6. The first kappa shape index (κ1) is 31.1. The second kappa shape index (κ2) is 12.0. The SMILES string of the molecule is COc1cc(NC(C(=O)N2CC3(CC3)c3ccc(OC(F)F)cc32)c2ccc(Cl)cc2)cc(/C(C)=N/OC(C)(C)C(=O)O)c1. The quantitative estimate of drug-likeness (QED) is 0.178. The molecule has 0 radical (unpaired) electrons. The molecule has 0 saturated heterocycles. The number of aliphatic carboxylic acids is 1. The molecule has 1 saturated carbocycles. The molecule has 3 aromatic carbocycles. The van der Waals surface area contributed by atoms with Gasteiger partial charge in [0.1, 0.15) is 17.5 Å². The first-order valence-corrected chi connectivity index (χ1v) is 14.3. The van der Waals surface area contributed by atoms with Gasteiger partial charge in [-0.2, -0.15) is 8.78 Å². The smallest absolute Gasteiger partial charge is 0.387 e. The summed E-state index contributed by atoms with van der Waals surface area (Å²) in [5.41, 5.74) is 1.80. The van der Waals surface area contributed by atoms with E-state index in [1.807, 2.05) is 0 Å². The van der Waals surface area contributed by atoms with Gasteiger partial charge in [0.2, 0.25) is 5.60 Å². The molecule has 1 amide bonds. The Balaban J connectivity index is 1.51. The van der Waals surface area contributed by atoms with Gasteiger partial charge in [0.05, 0.1) is 18.5 Å². The molecule has 9 nitrogen and oxygen atoms in total. The number of nitrogens with zero attached hydrogens (tertiary/aromatic N) is 2. The molecule has 1 unspecified atom stereocenters. The van der Waals surface area contributed by atoms with Crippen molar-refractivity contribution in [1.29, 1.82) is 0 Å². The van der Waals surface area contributed by atoms with Crippen LogP contribution in [0.5, 0.6) is 11.5 Å². The van der Waals surface area contributed by atoms with Crippen molar-refractivity contribution in [2.75, 3.05) is 23.9 Å². The second-order valence-electron chi connectivity index (χ2n) is 11.4. The highest BCUT2D eigenvalue weighted by Crippen LogP contribution is 2.57. The molecule has 3 aromatic rings. The number of carboxylic acids is 1. The van der Waals surface area contributed by atoms with E-state index in [0.29, 0.717) is 45.5 Å². The van der Waals surface area contributed by atoms with E-state index >= 15 is 0 Å². The molecular weight excluding hydrogens is 596 g/mol. The number of fused-ring (bicyclic) bond motifs is 2. The number of ether oxygens (including phenoxy) is 2. The van der Waals surface area contributed by atoms with Gasteiger partial charge in [0, 0.05) is 40.4 Å². The van der Waals surface area contributed by atoms with Crippen LogP contribution in [0.3, 0.4) is 0 Å². The molecule has 1 aliphatic carbocycles. The van der Waals surface area contributed by atoms with E-state index in [0.717, 1.165) is 18.4 Å². The van der Waals surface area contributed by atoms with Gasteiger partial charge in [-0.1, -0.05) is 35.0 Å². The standard InChI is InChI=1S/C32H32ClF2N3O6/c1-18(37-44-31(2,3)29(40)41)20-13-22(15-24(14-20)42-4)36-27(19-5-7-21(33)8-6-19)28(39)38-17-32(11-12-32)25-10-9-23(16-26(25)38)43-30(34)35/h5-10,13-16,27,30,36H,11-12,17H2,1-4H3,(H,40,41)/b37-18+. The van der Waals surface area contributed by atoms with Crippen LogP contribution in [0.2, 0.25) is 5.02 Å². The van der Waals surface area contributed by atoms with E-state index in [-0.39, 0.29) is 17.1 Å². The number of halogens is 3. The highest BCUT2D eigenvalue weighted by molar-refractivity contribution is 6.30. The third kappa shape index (κ3) is 6.42. The lowest BCUT2D eigenvalue weighted by Gasteiger charge is -2.27. The van der Waals surface area contributed by atoms with E-state index < -0.39 is 24.2 Å². The monoisotopic (exact) mass is 627 g/mol. The average molecular weight is 628 g/mol. The summed E-state index contributed by atoms with van der Waals surface area (Å²) in [4.78, 5) is 32.8. The summed E-state index contributed by atoms with van der Waals surface area (Å²) >= 11 is 6.16. The number of carboxylic acid groups (broad SMARTS) is 1. The molecule has 1 fully saturated rings. The zero-order chi connectivity index (χ0) is 31.8. The largest absolute Gasteiger partial charge is 0.497 e. The Morgan fingerprint density at radius 2 is 1.77 bits per heavy atom. The van der Waals surface area contributed by atoms with Crippen molar-refractivity contribution < 1.29 is 37.8 Å². The Labute approximate surface area is 258 Å². The van der Waals surface area contributed by atoms with E-state index in [1.165, 1.54) is 33.1 Å². The van der Waals surface area contributed by atoms with Crippen molar-refractivity contribution in [3.05, 3.63) is 82.4 Å². The summed E-state index contributed by atoms with van der Waals surface area (Å²) in [7, 11) is 1.50. The van der Waals surface area contributed by atoms with E-state index in [1.54, 1.807) is 60.4 Å². The minimum atomic E-state index is -2.99. The molecule has 1 atom stereocenters. The van der Waals surface area contributed by atoms with Crippen molar-refractivity contribution in [3.8, 4) is 11.5 Å². The van der Waals surface area contributed by atoms with E-state index in [2.05, 4.69) is 15.2 Å². The number of carbonyl (C=O) groups is 2. The maximum absolute atomic E-state index is 14.4. The molecule has 2 aliphatic rings. The van der Waals surface area contributed by atoms with Crippen LogP contribution < -0.4 is 19.7 Å². The summed E-state index contributed by atoms with van der Waals surface area (Å²) in [5.74, 6) is -1.04. The lowest BCUT2D eigenvalue weighted by Crippen LogP contribution is -2.38. The topological polar surface area (TPSA) is 110 Å². The first-order chi connectivity index (χ1) is 20.8. The number of carbonyl (C=O) groups excluding carboxylic acids is 1. The van der Waals surface area contributed by atoms with Crippen LogP contribution in [0, 0.1) is 0 Å². The molecule has 1 spiro atoms. The van der Waals surface area contributed by atoms with Crippen molar-refractivity contribution in [3.63, 3.8) is 0 Å². The summed E-state index contributed by atoms with van der Waals surface area (Å²) < 4.78 is 36.2. The van der Waals surface area contributed by atoms with Gasteiger partial charge in [-0.15, -0.1) is 0 Å². The lowest BCUT2D eigenvalue weighted by atomic mass is 9.99. The van der Waals surface area contributed by atoms with Crippen molar-refractivity contribution in [2.45, 2.75) is 57.3 Å². The minimum Gasteiger partial charge on any atom is -0.497 e. The van der Waals surface area contributed by atoms with Crippen molar-refractivity contribution in [2.24, 2.45) is 5.16 Å². The maximum atomic E-state index is 14.4. The number of anilines is 2. The van der Waals surface area contributed by atoms with Crippen LogP contribution in [-0.4, -0.2) is 48.6 Å². The highest BCUT2D eigenvalue weighted by atomic mass is 35.5. The number of benzene rings is 3. The number of hydrogen-bond acceptors (Lipinski definition) is 7. The molecule has 1 aliphatic heterocycles. The number of amides is 1. The fourth-order valence-corrected chi connectivity index (χ4v) is 5.28. The Kier molecular flexibility index (Phi) is 8.44. The molecular formula is C32H32ClF2N3O6. The fraction of sp³-hybridized carbons (Fsp3) is 0.344. The highest BCUT2D eigenvalue weighted by Gasteiger charge is 2.53. The molecule has 0 aromatic heterocycles. The normalized spacial score (nSPS) is 16.0. The van der Waals surface area contributed by atoms with Gasteiger partial charge in [-0.25, -0.2) is 4.79 Å². The predicted octanol–water partition coefficient (Wildman–Crippen LogP) is 6.79. The van der Waals surface area contributed by atoms with Crippen LogP contribution in [0.4, 0.5) is 20.2 Å². The molecule has 0 bridgehead atoms. The number of hydrogen-bond donors (Lipinski definition) is 2. The Bertz CT molecular complexity index is 1610. The van der Waals surface area contributed by atoms with Gasteiger partial charge in [0.25, 0.3) is 5.91 Å². The van der Waals surface area contributed by atoms with Crippen LogP contribution in [0.15, 0.2) is 65.8 Å². The second-order valence-corrected chi connectivity index (χ2v) is 11.9. The molecule has 232 valence electrons. The molecule has 5 rings (SSSR count). The van der Waals surface area contributed by atoms with Crippen LogP contribution in [-0.2, 0) is 19.8 Å². The summed E-state index contributed by atoms with van der Waals surface area (Å²) in [6.07, 6.45) is 1.77. The third-order valence-corrected chi connectivity index (χ3v) is 8.14. The van der Waals surface area contributed by atoms with Crippen LogP contribution in [0.1, 0.15) is 56.3 Å². The van der Waals surface area contributed by atoms with Gasteiger partial charge in [-0.05, 0) is 75.1 Å². The van der Waals surface area contributed by atoms with Gasteiger partial charge >= 0.3 is 12.6 Å². The van der Waals surface area contributed by atoms with Crippen LogP contribution in [0.25, 0.3) is 0 Å². The summed E-state index contributed by atoms with van der Waals surface area (Å²) in [6.45, 7) is 1.85. The van der Waals surface area contributed by atoms with Crippen molar-refractivity contribution >= 4 is 40.6 Å². The predicted molar refractivity (Wildman–Crippen MR) is 162 cm³/mol. The number of rotatable bonds is 11. The van der Waals surface area contributed by atoms with Crippen LogP contribution >= 0.6 is 11.6 Å². The molecule has 44 heavy (non-hydrogen) atoms. The van der Waals surface area contributed by atoms with E-state index in [4.69, 9.17) is 21.2 Å². The molecule has 2 N–H and O–H groups in total. The molecule has 1 heterocycles. The lowest BCUT2D eigenvalue weighted by molar-refractivity contribution is -0.161. The summed E-state index contributed by atoms with van der Waals surface area (Å²) in [6, 6.07) is 15.9. The maximum Gasteiger partial charge on any atom is 0.387 e. The fourth-order valence-electron chi connectivity index (χ4n) is 5.16. The van der Waals surface area contributed by atoms with Gasteiger partial charge in [-0.3, -0.25) is 4.79 Å². The zero-order valence-corrected chi connectivity index (χ0v) is 25.3. The Hall–Kier alpha value is -4.38. The summed E-state index contributed by atoms with van der Waals surface area (Å²) in [5, 5.41) is 17.2. The number of oxime groups is 1. The first-order valence-electron chi connectivity index (χ1n) is 13.9. The van der Waals surface area contributed by atoms with E-state index in [9.17, 15) is 23.5 Å². The molecule has 12 heteroatoms. The number of nitrogens with one attached hydrogen (secondary N) is 1. The number of alkyl halides is 2. The third-order valence-electron chi connectivity index (χ3n) is 7.88. The van der Waals surface area contributed by atoms with Gasteiger partial charge in [0.15, 0.2) is 0 Å². The Morgan fingerprint density at radius 1 is 1.07 bits per heavy atom. The average Bonchev–Trinajstić information content (AvgIpc) is 3.70. The Morgan fingerprint density at radius 3 is 2.39 bits per heavy atom. The number of methoxy groups -OCH3 is 1. The minimum absolute atomic E-state index is 0.0225. The van der Waals surface area contributed by atoms with Gasteiger partial charge < -0.3 is 29.6 Å². The van der Waals surface area contributed by atoms with Crippen molar-refractivity contribution in [1.82, 2.24) is 0 Å².